The number of nitrogens with two attached hydrogens (primary N) is 2. The summed E-state index contributed by atoms with van der Waals surface area (Å²) in [6.07, 6.45) is 2.34. The van der Waals surface area contributed by atoms with Crippen LogP contribution in [0.25, 0.3) is 0 Å². The Morgan fingerprint density at radius 1 is 1.50 bits per heavy atom. The molecule has 0 bridgehead atoms. The zero-order valence-electron chi connectivity index (χ0n) is 8.85. The summed E-state index contributed by atoms with van der Waals surface area (Å²) in [5.74, 6) is 0.927. The van der Waals surface area contributed by atoms with Crippen LogP contribution in [0, 0.1) is 0 Å². The van der Waals surface area contributed by atoms with E-state index in [1.165, 1.54) is 0 Å². The minimum atomic E-state index is 0. The summed E-state index contributed by atoms with van der Waals surface area (Å²) in [6, 6.07) is 1.78. The molecule has 0 saturated carbocycles. The van der Waals surface area contributed by atoms with Gasteiger partial charge in [-0.05, 0) is 13.3 Å². The number of nitrogens with zero attached hydrogens (tertiary/aromatic N) is 1. The fourth-order valence-electron chi connectivity index (χ4n) is 0.873. The average Bonchev–Trinajstić information content (AvgIpc) is 2.10. The maximum absolute atomic E-state index is 5.76. The second kappa shape index (κ2) is 8.70. The van der Waals surface area contributed by atoms with E-state index in [9.17, 15) is 0 Å². The highest BCUT2D eigenvalue weighted by Gasteiger charge is 2.01. The van der Waals surface area contributed by atoms with Gasteiger partial charge in [-0.25, -0.2) is 4.98 Å². The molecule has 0 aliphatic heterocycles. The van der Waals surface area contributed by atoms with E-state index >= 15 is 0 Å². The van der Waals surface area contributed by atoms with Crippen LogP contribution in [0.5, 0.6) is 5.75 Å². The lowest BCUT2D eigenvalue weighted by molar-refractivity contribution is 0.300. The van der Waals surface area contributed by atoms with Crippen LogP contribution < -0.4 is 16.2 Å². The first-order valence-electron chi connectivity index (χ1n) is 4.39. The standard InChI is InChI=1S/C9H14ClN3O.2ClH/c1-6(11)2-3-14-7-4-8(10)9(12)13-5-7;;/h4-6H,2-3,11H2,1H3,(H2,12,13);2*1H/t6-;;/m0../s1. The van der Waals surface area contributed by atoms with E-state index in [-0.39, 0.29) is 30.9 Å². The molecule has 7 heteroatoms. The van der Waals surface area contributed by atoms with Crippen LogP contribution in [0.2, 0.25) is 5.02 Å². The Hall–Kier alpha value is -0.420. The second-order valence-corrected chi connectivity index (χ2v) is 3.56. The lowest BCUT2D eigenvalue weighted by Crippen LogP contribution is -2.18. The molecule has 4 N–H and O–H groups in total. The molecule has 0 aliphatic carbocycles. The Kier molecular flexibility index (Phi) is 9.77. The van der Waals surface area contributed by atoms with E-state index in [0.29, 0.717) is 23.2 Å². The van der Waals surface area contributed by atoms with Crippen molar-refractivity contribution in [3.8, 4) is 5.75 Å². The van der Waals surface area contributed by atoms with Gasteiger partial charge in [0.2, 0.25) is 0 Å². The molecule has 0 amide bonds. The van der Waals surface area contributed by atoms with Gasteiger partial charge in [0, 0.05) is 12.1 Å². The topological polar surface area (TPSA) is 74.2 Å². The van der Waals surface area contributed by atoms with Crippen molar-refractivity contribution in [2.75, 3.05) is 12.3 Å². The molecular formula is C9H16Cl3N3O. The van der Waals surface area contributed by atoms with Crippen molar-refractivity contribution in [2.24, 2.45) is 5.73 Å². The lowest BCUT2D eigenvalue weighted by atomic mass is 10.3. The number of aromatic nitrogens is 1. The first-order chi connectivity index (χ1) is 6.59. The first kappa shape index (κ1) is 18.0. The highest BCUT2D eigenvalue weighted by molar-refractivity contribution is 6.32. The van der Waals surface area contributed by atoms with Gasteiger partial charge < -0.3 is 16.2 Å². The van der Waals surface area contributed by atoms with Gasteiger partial charge in [0.15, 0.2) is 0 Å². The van der Waals surface area contributed by atoms with Gasteiger partial charge in [0.05, 0.1) is 17.8 Å². The molecular weight excluding hydrogens is 272 g/mol. The number of hydrogen-bond donors (Lipinski definition) is 2. The molecule has 1 atom stereocenters. The minimum Gasteiger partial charge on any atom is -0.492 e. The van der Waals surface area contributed by atoms with Crippen LogP contribution in [-0.2, 0) is 0 Å². The van der Waals surface area contributed by atoms with E-state index in [2.05, 4.69) is 4.98 Å². The molecule has 0 spiro atoms. The number of nitrogen functional groups attached to an aromatic ring is 1. The number of ether oxygens (including phenoxy) is 1. The molecule has 0 saturated heterocycles. The SMILES string of the molecule is C[C@H](N)CCOc1cnc(N)c(Cl)c1.Cl.Cl. The maximum atomic E-state index is 5.76. The van der Waals surface area contributed by atoms with E-state index < -0.39 is 0 Å². The van der Waals surface area contributed by atoms with Gasteiger partial charge in [-0.1, -0.05) is 11.6 Å². The Bertz CT molecular complexity index is 310. The van der Waals surface area contributed by atoms with Crippen molar-refractivity contribution >= 4 is 42.2 Å². The van der Waals surface area contributed by atoms with Gasteiger partial charge in [0.1, 0.15) is 11.6 Å². The average molecular weight is 289 g/mol. The second-order valence-electron chi connectivity index (χ2n) is 3.15. The van der Waals surface area contributed by atoms with Crippen molar-refractivity contribution in [2.45, 2.75) is 19.4 Å². The Morgan fingerprint density at radius 2 is 2.12 bits per heavy atom. The molecule has 94 valence electrons. The monoisotopic (exact) mass is 287 g/mol. The van der Waals surface area contributed by atoms with E-state index in [1.54, 1.807) is 12.3 Å². The van der Waals surface area contributed by atoms with E-state index in [0.717, 1.165) is 6.42 Å². The first-order valence-corrected chi connectivity index (χ1v) is 4.77. The molecule has 16 heavy (non-hydrogen) atoms. The summed E-state index contributed by atoms with van der Waals surface area (Å²) in [5, 5.41) is 0.406. The fourth-order valence-corrected chi connectivity index (χ4v) is 1.03. The van der Waals surface area contributed by atoms with Gasteiger partial charge in [-0.2, -0.15) is 0 Å². The minimum absolute atomic E-state index is 0. The Labute approximate surface area is 113 Å². The van der Waals surface area contributed by atoms with E-state index in [4.69, 9.17) is 27.8 Å². The van der Waals surface area contributed by atoms with Crippen molar-refractivity contribution < 1.29 is 4.74 Å². The van der Waals surface area contributed by atoms with Gasteiger partial charge in [-0.15, -0.1) is 24.8 Å². The van der Waals surface area contributed by atoms with Crippen LogP contribution in [0.1, 0.15) is 13.3 Å². The molecule has 1 aromatic heterocycles. The van der Waals surface area contributed by atoms with Crippen molar-refractivity contribution in [3.05, 3.63) is 17.3 Å². The maximum Gasteiger partial charge on any atom is 0.142 e. The predicted molar refractivity (Wildman–Crippen MR) is 71.9 cm³/mol. The zero-order valence-corrected chi connectivity index (χ0v) is 11.2. The van der Waals surface area contributed by atoms with Gasteiger partial charge >= 0.3 is 0 Å². The summed E-state index contributed by atoms with van der Waals surface area (Å²) in [5.41, 5.74) is 11.0. The molecule has 0 fully saturated rings. The van der Waals surface area contributed by atoms with Crippen molar-refractivity contribution in [3.63, 3.8) is 0 Å². The quantitative estimate of drug-likeness (QED) is 0.891. The molecule has 1 rings (SSSR count). The molecule has 4 nitrogen and oxygen atoms in total. The summed E-state index contributed by atoms with van der Waals surface area (Å²) in [7, 11) is 0. The number of hydrogen-bond acceptors (Lipinski definition) is 4. The fraction of sp³-hybridized carbons (Fsp3) is 0.444. The van der Waals surface area contributed by atoms with Crippen LogP contribution in [0.3, 0.4) is 0 Å². The molecule has 1 heterocycles. The number of halogens is 3. The zero-order chi connectivity index (χ0) is 10.6. The smallest absolute Gasteiger partial charge is 0.142 e. The number of rotatable bonds is 4. The van der Waals surface area contributed by atoms with Crippen molar-refractivity contribution in [1.29, 1.82) is 0 Å². The highest BCUT2D eigenvalue weighted by Crippen LogP contribution is 2.21. The highest BCUT2D eigenvalue weighted by atomic mass is 35.5. The summed E-state index contributed by atoms with van der Waals surface area (Å²) in [6.45, 7) is 2.48. The third kappa shape index (κ3) is 6.23. The van der Waals surface area contributed by atoms with Crippen LogP contribution in [0.4, 0.5) is 5.82 Å². The third-order valence-corrected chi connectivity index (χ3v) is 1.99. The van der Waals surface area contributed by atoms with Crippen LogP contribution >= 0.6 is 36.4 Å². The van der Waals surface area contributed by atoms with Gasteiger partial charge in [0.25, 0.3) is 0 Å². The summed E-state index contributed by atoms with van der Waals surface area (Å²) >= 11 is 5.76. The lowest BCUT2D eigenvalue weighted by Gasteiger charge is -2.08. The Balaban J connectivity index is 0. The van der Waals surface area contributed by atoms with Gasteiger partial charge in [-0.3, -0.25) is 0 Å². The normalized spacial score (nSPS) is 10.9. The summed E-state index contributed by atoms with van der Waals surface area (Å²) in [4.78, 5) is 3.87. The van der Waals surface area contributed by atoms with E-state index in [1.807, 2.05) is 6.92 Å². The van der Waals surface area contributed by atoms with Crippen LogP contribution in [0.15, 0.2) is 12.3 Å². The number of anilines is 1. The van der Waals surface area contributed by atoms with Crippen LogP contribution in [-0.4, -0.2) is 17.6 Å². The molecule has 0 unspecified atom stereocenters. The summed E-state index contributed by atoms with van der Waals surface area (Å²) < 4.78 is 5.37. The predicted octanol–water partition coefficient (Wildman–Crippen LogP) is 2.28. The molecule has 0 radical (unpaired) electrons. The number of pyridine rings is 1. The largest absolute Gasteiger partial charge is 0.492 e. The third-order valence-electron chi connectivity index (χ3n) is 1.69. The molecule has 1 aromatic rings. The molecule has 0 aromatic carbocycles. The molecule has 0 aliphatic rings. The Morgan fingerprint density at radius 3 is 2.62 bits per heavy atom. The van der Waals surface area contributed by atoms with Crippen molar-refractivity contribution in [1.82, 2.24) is 4.98 Å².